The highest BCUT2D eigenvalue weighted by molar-refractivity contribution is 5.71. The summed E-state index contributed by atoms with van der Waals surface area (Å²) in [6.45, 7) is 11.4. The van der Waals surface area contributed by atoms with Crippen molar-refractivity contribution in [3.05, 3.63) is 0 Å². The third-order valence-electron chi connectivity index (χ3n) is 14.5. The Kier molecular flexibility index (Phi) is 54.4. The molecule has 410 valence electrons. The van der Waals surface area contributed by atoms with Crippen LogP contribution in [0.3, 0.4) is 0 Å². The molecule has 0 aromatic carbocycles. The first-order valence-electron chi connectivity index (χ1n) is 31.2. The SMILES string of the molecule is CCCCCCCCCCCCCCCCCCCCC(=O)OC[C@@H](COC(=O)CCCCCCCCCCCCCCC(C)C)OC(=O)CCCCCCCCCCCCCCCCCC(C)C. The number of unbranched alkanes of at least 4 members (excludes halogenated alkanes) is 42. The van der Waals surface area contributed by atoms with Crippen molar-refractivity contribution in [2.75, 3.05) is 13.2 Å². The van der Waals surface area contributed by atoms with E-state index in [9.17, 15) is 14.4 Å². The maximum atomic E-state index is 12.9. The summed E-state index contributed by atoms with van der Waals surface area (Å²) in [6.07, 6.45) is 61.0. The molecule has 6 nitrogen and oxygen atoms in total. The fraction of sp³-hybridized carbons (Fsp3) is 0.952. The van der Waals surface area contributed by atoms with E-state index in [1.165, 1.54) is 244 Å². The first kappa shape index (κ1) is 67.4. The zero-order valence-corrected chi connectivity index (χ0v) is 47.5. The molecule has 0 unspecified atom stereocenters. The molecule has 0 aromatic rings. The average molecular weight is 976 g/mol. The van der Waals surface area contributed by atoms with E-state index in [1.807, 2.05) is 0 Å². The van der Waals surface area contributed by atoms with Crippen molar-refractivity contribution in [3.8, 4) is 0 Å². The van der Waals surface area contributed by atoms with Crippen LogP contribution in [0.5, 0.6) is 0 Å². The summed E-state index contributed by atoms with van der Waals surface area (Å²) < 4.78 is 16.9. The van der Waals surface area contributed by atoms with Crippen LogP contribution in [-0.2, 0) is 28.6 Å². The molecule has 0 spiro atoms. The van der Waals surface area contributed by atoms with Crippen LogP contribution in [-0.4, -0.2) is 37.2 Å². The number of hydrogen-bond acceptors (Lipinski definition) is 6. The maximum Gasteiger partial charge on any atom is 0.306 e. The van der Waals surface area contributed by atoms with Gasteiger partial charge in [-0.25, -0.2) is 0 Å². The van der Waals surface area contributed by atoms with Crippen molar-refractivity contribution < 1.29 is 28.6 Å². The fourth-order valence-electron chi connectivity index (χ4n) is 9.76. The van der Waals surface area contributed by atoms with E-state index < -0.39 is 6.10 Å². The van der Waals surface area contributed by atoms with Gasteiger partial charge in [-0.15, -0.1) is 0 Å². The largest absolute Gasteiger partial charge is 0.462 e. The zero-order valence-electron chi connectivity index (χ0n) is 47.5. The standard InChI is InChI=1S/C63H122O6/c1-6-7-8-9-10-11-12-13-14-15-16-19-22-28-33-38-43-48-53-61(64)67-56-60(57-68-62(65)54-49-44-39-34-29-25-24-27-32-37-42-47-52-59(4)5)69-63(66)55-50-45-40-35-30-23-20-17-18-21-26-31-36-41-46-51-58(2)3/h58-60H,6-57H2,1-5H3/t60-/m0/s1. The Morgan fingerprint density at radius 3 is 0.710 bits per heavy atom. The van der Waals surface area contributed by atoms with Gasteiger partial charge >= 0.3 is 17.9 Å². The van der Waals surface area contributed by atoms with Crippen molar-refractivity contribution in [2.24, 2.45) is 11.8 Å². The predicted octanol–water partition coefficient (Wildman–Crippen LogP) is 20.8. The molecule has 0 saturated carbocycles. The summed E-state index contributed by atoms with van der Waals surface area (Å²) >= 11 is 0. The molecule has 0 fully saturated rings. The van der Waals surface area contributed by atoms with Gasteiger partial charge in [-0.05, 0) is 31.1 Å². The minimum Gasteiger partial charge on any atom is -0.462 e. The number of esters is 3. The lowest BCUT2D eigenvalue weighted by Crippen LogP contribution is -2.30. The summed E-state index contributed by atoms with van der Waals surface area (Å²) in [6, 6.07) is 0. The molecule has 1 atom stereocenters. The van der Waals surface area contributed by atoms with Gasteiger partial charge in [0.1, 0.15) is 13.2 Å². The minimum absolute atomic E-state index is 0.0620. The Balaban J connectivity index is 4.29. The summed E-state index contributed by atoms with van der Waals surface area (Å²) in [5, 5.41) is 0. The van der Waals surface area contributed by atoms with Gasteiger partial charge in [-0.1, -0.05) is 317 Å². The van der Waals surface area contributed by atoms with Gasteiger partial charge in [0.25, 0.3) is 0 Å². The van der Waals surface area contributed by atoms with Gasteiger partial charge in [0, 0.05) is 19.3 Å². The lowest BCUT2D eigenvalue weighted by atomic mass is 10.0. The smallest absolute Gasteiger partial charge is 0.306 e. The van der Waals surface area contributed by atoms with Gasteiger partial charge < -0.3 is 14.2 Å². The predicted molar refractivity (Wildman–Crippen MR) is 298 cm³/mol. The quantitative estimate of drug-likeness (QED) is 0.0343. The minimum atomic E-state index is -0.763. The van der Waals surface area contributed by atoms with E-state index in [0.717, 1.165) is 69.6 Å². The molecular formula is C63H122O6. The highest BCUT2D eigenvalue weighted by Gasteiger charge is 2.19. The maximum absolute atomic E-state index is 12.9. The fourth-order valence-corrected chi connectivity index (χ4v) is 9.76. The topological polar surface area (TPSA) is 78.9 Å². The molecule has 0 bridgehead atoms. The Hall–Kier alpha value is -1.59. The van der Waals surface area contributed by atoms with Crippen LogP contribution in [0.2, 0.25) is 0 Å². The number of carbonyl (C=O) groups is 3. The number of carbonyl (C=O) groups excluding carboxylic acids is 3. The molecule has 0 saturated heterocycles. The van der Waals surface area contributed by atoms with Gasteiger partial charge in [-0.2, -0.15) is 0 Å². The van der Waals surface area contributed by atoms with Crippen LogP contribution in [0.1, 0.15) is 356 Å². The van der Waals surface area contributed by atoms with Crippen LogP contribution in [0, 0.1) is 11.8 Å². The van der Waals surface area contributed by atoms with E-state index in [4.69, 9.17) is 14.2 Å². The van der Waals surface area contributed by atoms with Crippen molar-refractivity contribution in [3.63, 3.8) is 0 Å². The highest BCUT2D eigenvalue weighted by atomic mass is 16.6. The van der Waals surface area contributed by atoms with Crippen molar-refractivity contribution in [1.82, 2.24) is 0 Å². The monoisotopic (exact) mass is 975 g/mol. The van der Waals surface area contributed by atoms with Crippen LogP contribution in [0.4, 0.5) is 0 Å². The van der Waals surface area contributed by atoms with Crippen molar-refractivity contribution in [2.45, 2.75) is 362 Å². The second-order valence-electron chi connectivity index (χ2n) is 22.6. The average Bonchev–Trinajstić information content (AvgIpc) is 3.32. The van der Waals surface area contributed by atoms with Crippen LogP contribution < -0.4 is 0 Å². The molecule has 0 aliphatic heterocycles. The van der Waals surface area contributed by atoms with Crippen molar-refractivity contribution in [1.29, 1.82) is 0 Å². The molecular weight excluding hydrogens is 853 g/mol. The Labute approximate surface area is 431 Å². The van der Waals surface area contributed by atoms with Gasteiger partial charge in [0.2, 0.25) is 0 Å². The molecule has 69 heavy (non-hydrogen) atoms. The van der Waals surface area contributed by atoms with E-state index in [-0.39, 0.29) is 31.1 Å². The number of ether oxygens (including phenoxy) is 3. The second-order valence-corrected chi connectivity index (χ2v) is 22.6. The molecule has 0 aliphatic rings. The van der Waals surface area contributed by atoms with E-state index in [1.54, 1.807) is 0 Å². The molecule has 0 radical (unpaired) electrons. The molecule has 6 heteroatoms. The van der Waals surface area contributed by atoms with Crippen LogP contribution >= 0.6 is 0 Å². The molecule has 0 rings (SSSR count). The molecule has 0 aromatic heterocycles. The van der Waals surface area contributed by atoms with Crippen LogP contribution in [0.15, 0.2) is 0 Å². The first-order chi connectivity index (χ1) is 33.7. The molecule has 0 N–H and O–H groups in total. The first-order valence-corrected chi connectivity index (χ1v) is 31.2. The van der Waals surface area contributed by atoms with Gasteiger partial charge in [0.05, 0.1) is 0 Å². The van der Waals surface area contributed by atoms with E-state index in [0.29, 0.717) is 19.3 Å². The third kappa shape index (κ3) is 57.2. The molecule has 0 aliphatic carbocycles. The summed E-state index contributed by atoms with van der Waals surface area (Å²) in [7, 11) is 0. The third-order valence-corrected chi connectivity index (χ3v) is 14.5. The summed E-state index contributed by atoms with van der Waals surface area (Å²) in [4.78, 5) is 38.3. The molecule has 0 heterocycles. The highest BCUT2D eigenvalue weighted by Crippen LogP contribution is 2.19. The zero-order chi connectivity index (χ0) is 50.4. The Bertz CT molecular complexity index is 1060. The Morgan fingerprint density at radius 1 is 0.275 bits per heavy atom. The van der Waals surface area contributed by atoms with Crippen LogP contribution in [0.25, 0.3) is 0 Å². The van der Waals surface area contributed by atoms with Gasteiger partial charge in [-0.3, -0.25) is 14.4 Å². The lowest BCUT2D eigenvalue weighted by Gasteiger charge is -2.18. The molecule has 0 amide bonds. The van der Waals surface area contributed by atoms with Crippen molar-refractivity contribution >= 4 is 17.9 Å². The Morgan fingerprint density at radius 2 is 0.478 bits per heavy atom. The second kappa shape index (κ2) is 55.7. The number of rotatable bonds is 57. The lowest BCUT2D eigenvalue weighted by molar-refractivity contribution is -0.167. The van der Waals surface area contributed by atoms with E-state index in [2.05, 4.69) is 34.6 Å². The summed E-state index contributed by atoms with van der Waals surface area (Å²) in [5.74, 6) is 0.848. The van der Waals surface area contributed by atoms with Gasteiger partial charge in [0.15, 0.2) is 6.10 Å². The normalized spacial score (nSPS) is 12.0. The summed E-state index contributed by atoms with van der Waals surface area (Å²) in [5.41, 5.74) is 0. The van der Waals surface area contributed by atoms with E-state index >= 15 is 0 Å². The number of hydrogen-bond donors (Lipinski definition) is 0.